The van der Waals surface area contributed by atoms with E-state index in [9.17, 15) is 14.0 Å². The molecule has 1 rings (SSSR count). The number of hydrogen-bond acceptors (Lipinski definition) is 3. The van der Waals surface area contributed by atoms with Gasteiger partial charge in [0.1, 0.15) is 11.4 Å². The molecule has 1 aromatic carbocycles. The topological polar surface area (TPSA) is 55.4 Å². The summed E-state index contributed by atoms with van der Waals surface area (Å²) in [4.78, 5) is 23.5. The van der Waals surface area contributed by atoms with Crippen molar-refractivity contribution in [2.24, 2.45) is 5.92 Å². The van der Waals surface area contributed by atoms with Crippen LogP contribution in [0.1, 0.15) is 50.9 Å². The average molecular weight is 309 g/mol. The van der Waals surface area contributed by atoms with Crippen molar-refractivity contribution in [2.75, 3.05) is 6.54 Å². The number of carbonyl (C=O) groups excluding carboxylic acids is 2. The van der Waals surface area contributed by atoms with Gasteiger partial charge in [0.15, 0.2) is 5.78 Å². The summed E-state index contributed by atoms with van der Waals surface area (Å²) in [5.74, 6) is -0.376. The van der Waals surface area contributed by atoms with Crippen molar-refractivity contribution in [3.63, 3.8) is 0 Å². The van der Waals surface area contributed by atoms with Crippen LogP contribution >= 0.6 is 0 Å². The maximum atomic E-state index is 13.1. The predicted octanol–water partition coefficient (Wildman–Crippen LogP) is 3.95. The molecular formula is C17H24FNO3. The van der Waals surface area contributed by atoms with Crippen molar-refractivity contribution >= 4 is 11.9 Å². The average Bonchev–Trinajstić information content (AvgIpc) is 2.40. The predicted molar refractivity (Wildman–Crippen MR) is 83.4 cm³/mol. The Balaban J connectivity index is 2.32. The molecule has 0 aliphatic carbocycles. The summed E-state index contributed by atoms with van der Waals surface area (Å²) in [5, 5.41) is 2.68. The zero-order chi connectivity index (χ0) is 16.8. The van der Waals surface area contributed by atoms with E-state index < -0.39 is 17.5 Å². The fourth-order valence-electron chi connectivity index (χ4n) is 1.86. The molecule has 122 valence electrons. The molecule has 0 fully saturated rings. The van der Waals surface area contributed by atoms with E-state index >= 15 is 0 Å². The molecule has 1 aromatic rings. The number of ketones is 1. The van der Waals surface area contributed by atoms with E-state index in [1.54, 1.807) is 26.8 Å². The number of hydrogen-bond donors (Lipinski definition) is 1. The van der Waals surface area contributed by atoms with Gasteiger partial charge in [-0.05, 0) is 45.2 Å². The van der Waals surface area contributed by atoms with Crippen LogP contribution in [0.2, 0.25) is 0 Å². The maximum absolute atomic E-state index is 13.1. The Bertz CT molecular complexity index is 523. The molecule has 0 spiro atoms. The summed E-state index contributed by atoms with van der Waals surface area (Å²) >= 11 is 0. The summed E-state index contributed by atoms with van der Waals surface area (Å²) in [6, 6.07) is 5.68. The molecule has 4 nitrogen and oxygen atoms in total. The van der Waals surface area contributed by atoms with Gasteiger partial charge in [-0.2, -0.15) is 0 Å². The molecule has 0 aliphatic heterocycles. The van der Waals surface area contributed by atoms with Gasteiger partial charge in [0, 0.05) is 18.5 Å². The molecule has 1 atom stereocenters. The van der Waals surface area contributed by atoms with Crippen molar-refractivity contribution in [3.8, 4) is 0 Å². The van der Waals surface area contributed by atoms with Gasteiger partial charge in [-0.1, -0.05) is 19.1 Å². The molecule has 22 heavy (non-hydrogen) atoms. The molecule has 1 N–H and O–H groups in total. The summed E-state index contributed by atoms with van der Waals surface area (Å²) < 4.78 is 18.2. The molecule has 0 aliphatic rings. The van der Waals surface area contributed by atoms with Crippen molar-refractivity contribution in [3.05, 3.63) is 35.6 Å². The number of ether oxygens (including phenoxy) is 1. The first-order chi connectivity index (χ1) is 10.2. The third-order valence-electron chi connectivity index (χ3n) is 3.00. The second kappa shape index (κ2) is 7.92. The zero-order valence-corrected chi connectivity index (χ0v) is 13.6. The highest BCUT2D eigenvalue weighted by molar-refractivity contribution is 5.95. The monoisotopic (exact) mass is 309 g/mol. The molecule has 0 radical (unpaired) electrons. The minimum atomic E-state index is -0.527. The first-order valence-electron chi connectivity index (χ1n) is 7.43. The molecule has 0 heterocycles. The van der Waals surface area contributed by atoms with E-state index in [2.05, 4.69) is 5.32 Å². The molecule has 0 bridgehead atoms. The van der Waals surface area contributed by atoms with Crippen LogP contribution < -0.4 is 5.32 Å². The smallest absolute Gasteiger partial charge is 0.407 e. The third kappa shape index (κ3) is 7.20. The number of rotatable bonds is 6. The molecule has 5 heteroatoms. The quantitative estimate of drug-likeness (QED) is 0.810. The van der Waals surface area contributed by atoms with Crippen molar-refractivity contribution < 1.29 is 18.7 Å². The van der Waals surface area contributed by atoms with Gasteiger partial charge in [-0.25, -0.2) is 9.18 Å². The van der Waals surface area contributed by atoms with E-state index in [4.69, 9.17) is 4.74 Å². The fraction of sp³-hybridized carbons (Fsp3) is 0.529. The minimum Gasteiger partial charge on any atom is -0.444 e. The Kier molecular flexibility index (Phi) is 6.53. The van der Waals surface area contributed by atoms with Crippen LogP contribution in [0.25, 0.3) is 0 Å². The van der Waals surface area contributed by atoms with Gasteiger partial charge in [0.2, 0.25) is 0 Å². The van der Waals surface area contributed by atoms with Gasteiger partial charge in [0.25, 0.3) is 0 Å². The van der Waals surface area contributed by atoms with Crippen LogP contribution in [-0.4, -0.2) is 24.0 Å². The van der Waals surface area contributed by atoms with Crippen molar-refractivity contribution in [1.82, 2.24) is 5.32 Å². The van der Waals surface area contributed by atoms with E-state index in [1.165, 1.54) is 18.2 Å². The zero-order valence-electron chi connectivity index (χ0n) is 13.6. The van der Waals surface area contributed by atoms with Crippen molar-refractivity contribution in [1.29, 1.82) is 0 Å². The number of halogens is 1. The lowest BCUT2D eigenvalue weighted by atomic mass is 10.00. The number of carbonyl (C=O) groups is 2. The summed E-state index contributed by atoms with van der Waals surface area (Å²) in [7, 11) is 0. The lowest BCUT2D eigenvalue weighted by Crippen LogP contribution is -2.34. The van der Waals surface area contributed by atoms with E-state index in [1.807, 2.05) is 6.92 Å². The first kappa shape index (κ1) is 18.1. The second-order valence-electron chi connectivity index (χ2n) is 6.46. The van der Waals surface area contributed by atoms with Gasteiger partial charge >= 0.3 is 6.09 Å². The minimum absolute atomic E-state index is 0.0939. The number of amides is 1. The highest BCUT2D eigenvalue weighted by atomic mass is 19.1. The van der Waals surface area contributed by atoms with E-state index in [-0.39, 0.29) is 11.7 Å². The number of alkyl carbamates (subject to hydrolysis) is 1. The third-order valence-corrected chi connectivity index (χ3v) is 3.00. The lowest BCUT2D eigenvalue weighted by molar-refractivity contribution is 0.0520. The molecule has 0 aromatic heterocycles. The molecule has 0 saturated carbocycles. The van der Waals surface area contributed by atoms with Crippen LogP contribution in [0.5, 0.6) is 0 Å². The largest absolute Gasteiger partial charge is 0.444 e. The van der Waals surface area contributed by atoms with Crippen LogP contribution in [-0.2, 0) is 4.74 Å². The lowest BCUT2D eigenvalue weighted by Gasteiger charge is -2.20. The summed E-state index contributed by atoms with van der Waals surface area (Å²) in [6.45, 7) is 7.77. The summed E-state index contributed by atoms with van der Waals surface area (Å²) in [5.41, 5.74) is -0.145. The number of Topliss-reactive ketones (excluding diaryl/α,β-unsaturated/α-hetero) is 1. The Morgan fingerprint density at radius 1 is 1.32 bits per heavy atom. The Morgan fingerprint density at radius 2 is 2.00 bits per heavy atom. The first-order valence-corrected chi connectivity index (χ1v) is 7.43. The molecule has 1 amide bonds. The van der Waals surface area contributed by atoms with E-state index in [0.29, 0.717) is 24.9 Å². The van der Waals surface area contributed by atoms with Crippen LogP contribution in [0, 0.1) is 11.7 Å². The molecule has 1 unspecified atom stereocenters. The van der Waals surface area contributed by atoms with Gasteiger partial charge < -0.3 is 10.1 Å². The maximum Gasteiger partial charge on any atom is 0.407 e. The fourth-order valence-corrected chi connectivity index (χ4v) is 1.86. The normalized spacial score (nSPS) is 12.6. The highest BCUT2D eigenvalue weighted by Gasteiger charge is 2.17. The Morgan fingerprint density at radius 3 is 2.59 bits per heavy atom. The molecule has 0 saturated heterocycles. The van der Waals surface area contributed by atoms with Crippen LogP contribution in [0.15, 0.2) is 24.3 Å². The second-order valence-corrected chi connectivity index (χ2v) is 6.46. The van der Waals surface area contributed by atoms with Gasteiger partial charge in [-0.15, -0.1) is 0 Å². The van der Waals surface area contributed by atoms with Gasteiger partial charge in [0.05, 0.1) is 0 Å². The molecular weight excluding hydrogens is 285 g/mol. The highest BCUT2D eigenvalue weighted by Crippen LogP contribution is 2.12. The number of nitrogens with one attached hydrogen (secondary N) is 1. The van der Waals surface area contributed by atoms with Gasteiger partial charge in [-0.3, -0.25) is 4.79 Å². The summed E-state index contributed by atoms with van der Waals surface area (Å²) in [6.07, 6.45) is 0.474. The van der Waals surface area contributed by atoms with Crippen LogP contribution in [0.3, 0.4) is 0 Å². The van der Waals surface area contributed by atoms with Crippen LogP contribution in [0.4, 0.5) is 9.18 Å². The standard InChI is InChI=1S/C17H24FNO3/c1-12(11-19-16(21)22-17(2,3)4)8-9-15(20)13-6-5-7-14(18)10-13/h5-7,10,12H,8-9,11H2,1-4H3,(H,19,21). The Labute approximate surface area is 131 Å². The number of benzene rings is 1. The van der Waals surface area contributed by atoms with Crippen molar-refractivity contribution in [2.45, 2.75) is 46.1 Å². The Hall–Kier alpha value is -1.91. The van der Waals surface area contributed by atoms with E-state index in [0.717, 1.165) is 0 Å². The SMILES string of the molecule is CC(CCC(=O)c1cccc(F)c1)CNC(=O)OC(C)(C)C.